The predicted molar refractivity (Wildman–Crippen MR) is 98.7 cm³/mol. The third kappa shape index (κ3) is 11.7. The van der Waals surface area contributed by atoms with Gasteiger partial charge < -0.3 is 10.2 Å². The summed E-state index contributed by atoms with van der Waals surface area (Å²) in [5.41, 5.74) is 0. The second-order valence-electron chi connectivity index (χ2n) is 5.57. The molecule has 1 aliphatic rings. The van der Waals surface area contributed by atoms with E-state index in [2.05, 4.69) is 31.2 Å². The molecule has 2 unspecified atom stereocenters. The van der Waals surface area contributed by atoms with E-state index in [4.69, 9.17) is 0 Å². The lowest BCUT2D eigenvalue weighted by Gasteiger charge is -2.32. The lowest BCUT2D eigenvalue weighted by molar-refractivity contribution is 0.180. The van der Waals surface area contributed by atoms with Gasteiger partial charge in [0.05, 0.1) is 0 Å². The molecule has 0 aromatic heterocycles. The van der Waals surface area contributed by atoms with Gasteiger partial charge in [0.25, 0.3) is 0 Å². The number of nitrogens with one attached hydrogen (secondary N) is 1. The number of nitrogens with zero attached hydrogens (tertiary/aromatic N) is 1. The van der Waals surface area contributed by atoms with Crippen LogP contribution in [0.3, 0.4) is 0 Å². The maximum Gasteiger partial charge on any atom is 0.000672 e. The van der Waals surface area contributed by atoms with Crippen LogP contribution in [0.25, 0.3) is 0 Å². The summed E-state index contributed by atoms with van der Waals surface area (Å²) in [5.74, 6) is 1.86. The first kappa shape index (κ1) is 28.1. The largest absolute Gasteiger partial charge is 0.319 e. The van der Waals surface area contributed by atoms with Crippen molar-refractivity contribution in [2.75, 3.05) is 33.7 Å². The van der Waals surface area contributed by atoms with Gasteiger partial charge in [-0.2, -0.15) is 0 Å². The number of hydrogen-bond acceptors (Lipinski definition) is 2. The molecule has 1 saturated heterocycles. The molecule has 1 heterocycles. The average molecular weight is 291 g/mol. The normalized spacial score (nSPS) is 19.6. The molecule has 128 valence electrons. The van der Waals surface area contributed by atoms with Crippen molar-refractivity contribution in [1.82, 2.24) is 10.2 Å². The fourth-order valence-corrected chi connectivity index (χ4v) is 3.02. The van der Waals surface area contributed by atoms with Crippen molar-refractivity contribution < 1.29 is 0 Å². The minimum atomic E-state index is 0. The quantitative estimate of drug-likeness (QED) is 0.685. The van der Waals surface area contributed by atoms with Crippen molar-refractivity contribution in [2.24, 2.45) is 11.8 Å². The Hall–Kier alpha value is -0.0800. The molecule has 0 aliphatic carbocycles. The number of piperidine rings is 1. The summed E-state index contributed by atoms with van der Waals surface area (Å²) in [6.07, 6.45) is 8.44. The molecule has 1 aliphatic heterocycles. The number of hydrogen-bond donors (Lipinski definition) is 1. The summed E-state index contributed by atoms with van der Waals surface area (Å²) < 4.78 is 0. The van der Waals surface area contributed by atoms with Crippen molar-refractivity contribution in [3.63, 3.8) is 0 Å². The zero-order chi connectivity index (χ0) is 11.8. The third-order valence-electron chi connectivity index (χ3n) is 3.85. The number of likely N-dealkylation sites (tertiary alicyclic amines) is 1. The highest BCUT2D eigenvalue weighted by Crippen LogP contribution is 2.25. The molecule has 20 heavy (non-hydrogen) atoms. The van der Waals surface area contributed by atoms with Gasteiger partial charge >= 0.3 is 0 Å². The van der Waals surface area contributed by atoms with E-state index in [-0.39, 0.29) is 29.7 Å². The molecule has 2 heteroatoms. The monoisotopic (exact) mass is 290 g/mol. The molecule has 1 rings (SSSR count). The fraction of sp³-hybridized carbons (Fsp3) is 1.00. The molecule has 0 aromatic carbocycles. The van der Waals surface area contributed by atoms with Crippen LogP contribution in [-0.2, 0) is 0 Å². The van der Waals surface area contributed by atoms with E-state index in [1.54, 1.807) is 0 Å². The molecular weight excluding hydrogens is 244 g/mol. The van der Waals surface area contributed by atoms with Crippen LogP contribution in [0.15, 0.2) is 0 Å². The van der Waals surface area contributed by atoms with Crippen molar-refractivity contribution in [2.45, 2.75) is 75.2 Å². The standard InChI is InChI=1S/C14H30N2.4CH4/c1-4-5-7-13(11-15-2)10-14-8-6-9-16(3)12-14;;;;/h13-15H,4-12H2,1-3H3;4*1H4. The SMILES string of the molecule is C.C.C.C.CCCCC(CNC)CC1CCCN(C)C1. The van der Waals surface area contributed by atoms with Crippen LogP contribution in [-0.4, -0.2) is 38.6 Å². The van der Waals surface area contributed by atoms with E-state index in [1.807, 2.05) is 0 Å². The Balaban J connectivity index is -0.000000320. The van der Waals surface area contributed by atoms with Gasteiger partial charge in [-0.1, -0.05) is 49.5 Å². The Kier molecular flexibility index (Phi) is 23.9. The molecule has 0 radical (unpaired) electrons. The maximum absolute atomic E-state index is 3.36. The van der Waals surface area contributed by atoms with Crippen LogP contribution in [0.4, 0.5) is 0 Å². The molecule has 1 N–H and O–H groups in total. The Morgan fingerprint density at radius 1 is 1.20 bits per heavy atom. The van der Waals surface area contributed by atoms with E-state index < -0.39 is 0 Å². The van der Waals surface area contributed by atoms with Crippen molar-refractivity contribution in [3.8, 4) is 0 Å². The first-order valence-corrected chi connectivity index (χ1v) is 7.09. The Morgan fingerprint density at radius 2 is 1.85 bits per heavy atom. The van der Waals surface area contributed by atoms with Crippen LogP contribution in [0.5, 0.6) is 0 Å². The Morgan fingerprint density at radius 3 is 2.35 bits per heavy atom. The molecule has 2 atom stereocenters. The van der Waals surface area contributed by atoms with E-state index in [0.29, 0.717) is 0 Å². The van der Waals surface area contributed by atoms with Crippen molar-refractivity contribution in [1.29, 1.82) is 0 Å². The van der Waals surface area contributed by atoms with Gasteiger partial charge in [0.2, 0.25) is 0 Å². The van der Waals surface area contributed by atoms with Crippen LogP contribution >= 0.6 is 0 Å². The summed E-state index contributed by atoms with van der Waals surface area (Å²) in [7, 11) is 4.36. The van der Waals surface area contributed by atoms with Gasteiger partial charge in [-0.25, -0.2) is 0 Å². The molecule has 1 fully saturated rings. The minimum Gasteiger partial charge on any atom is -0.319 e. The summed E-state index contributed by atoms with van der Waals surface area (Å²) in [6, 6.07) is 0. The van der Waals surface area contributed by atoms with Crippen molar-refractivity contribution >= 4 is 0 Å². The first-order chi connectivity index (χ1) is 7.76. The Labute approximate surface area is 131 Å². The molecule has 0 bridgehead atoms. The lowest BCUT2D eigenvalue weighted by atomic mass is 9.86. The maximum atomic E-state index is 3.36. The van der Waals surface area contributed by atoms with E-state index in [0.717, 1.165) is 11.8 Å². The molecule has 2 nitrogen and oxygen atoms in total. The predicted octanol–water partition coefficient (Wildman–Crippen LogP) is 5.29. The fourth-order valence-electron chi connectivity index (χ4n) is 3.02. The summed E-state index contributed by atoms with van der Waals surface area (Å²) in [5, 5.41) is 3.36. The van der Waals surface area contributed by atoms with Crippen LogP contribution in [0.2, 0.25) is 0 Å². The molecule has 0 aromatic rings. The van der Waals surface area contributed by atoms with Gasteiger partial charge in [0.1, 0.15) is 0 Å². The number of unbranched alkanes of at least 4 members (excludes halogenated alkanes) is 1. The molecule has 0 saturated carbocycles. The lowest BCUT2D eigenvalue weighted by Crippen LogP contribution is -2.34. The summed E-state index contributed by atoms with van der Waals surface area (Å²) in [6.45, 7) is 6.14. The van der Waals surface area contributed by atoms with E-state index >= 15 is 0 Å². The van der Waals surface area contributed by atoms with Gasteiger partial charge in [-0.15, -0.1) is 0 Å². The smallest absolute Gasteiger partial charge is 0.000672 e. The highest BCUT2D eigenvalue weighted by molar-refractivity contribution is 4.74. The van der Waals surface area contributed by atoms with E-state index in [1.165, 1.54) is 58.2 Å². The van der Waals surface area contributed by atoms with Gasteiger partial charge in [-0.05, 0) is 64.7 Å². The second-order valence-corrected chi connectivity index (χ2v) is 5.57. The van der Waals surface area contributed by atoms with Crippen molar-refractivity contribution in [3.05, 3.63) is 0 Å². The van der Waals surface area contributed by atoms with Gasteiger partial charge in [0, 0.05) is 6.54 Å². The van der Waals surface area contributed by atoms with Crippen LogP contribution in [0, 0.1) is 11.8 Å². The highest BCUT2D eigenvalue weighted by Gasteiger charge is 2.20. The van der Waals surface area contributed by atoms with Gasteiger partial charge in [0.15, 0.2) is 0 Å². The first-order valence-electron chi connectivity index (χ1n) is 7.09. The number of rotatable bonds is 7. The second kappa shape index (κ2) is 17.0. The third-order valence-corrected chi connectivity index (χ3v) is 3.85. The summed E-state index contributed by atoms with van der Waals surface area (Å²) >= 11 is 0. The van der Waals surface area contributed by atoms with Crippen LogP contribution in [0.1, 0.15) is 75.2 Å². The molecule has 0 spiro atoms. The summed E-state index contributed by atoms with van der Waals surface area (Å²) in [4.78, 5) is 2.50. The topological polar surface area (TPSA) is 15.3 Å². The zero-order valence-corrected chi connectivity index (χ0v) is 11.5. The zero-order valence-electron chi connectivity index (χ0n) is 11.5. The van der Waals surface area contributed by atoms with E-state index in [9.17, 15) is 0 Å². The van der Waals surface area contributed by atoms with Crippen LogP contribution < -0.4 is 5.32 Å². The Bertz CT molecular complexity index is 171. The molecular formula is C18H46N2. The average Bonchev–Trinajstić information content (AvgIpc) is 2.26. The molecule has 0 amide bonds. The minimum absolute atomic E-state index is 0. The van der Waals surface area contributed by atoms with Gasteiger partial charge in [-0.3, -0.25) is 0 Å². The highest BCUT2D eigenvalue weighted by atomic mass is 15.1.